The molecule has 0 saturated heterocycles. The highest BCUT2D eigenvalue weighted by Gasteiger charge is 2.35. The lowest BCUT2D eigenvalue weighted by molar-refractivity contribution is -0.384. The van der Waals surface area contributed by atoms with Gasteiger partial charge in [0.25, 0.3) is 5.69 Å². The molecule has 101 heavy (non-hydrogen) atoms. The average Bonchev–Trinajstić information content (AvgIpc) is 1.62. The number of hydrogen-bond acceptors (Lipinski definition) is 16. The third kappa shape index (κ3) is 22.2. The van der Waals surface area contributed by atoms with E-state index < -0.39 is 65.0 Å². The van der Waals surface area contributed by atoms with Crippen molar-refractivity contribution in [2.45, 2.75) is 103 Å². The second-order valence-corrected chi connectivity index (χ2v) is 24.9. The molecule has 0 bridgehead atoms. The van der Waals surface area contributed by atoms with Crippen molar-refractivity contribution in [3.63, 3.8) is 0 Å². The number of anilines is 2. The summed E-state index contributed by atoms with van der Waals surface area (Å²) in [5, 5.41) is 36.2. The molecule has 7 aromatic rings. The van der Waals surface area contributed by atoms with Gasteiger partial charge < -0.3 is 62.7 Å². The first-order chi connectivity index (χ1) is 48.6. The van der Waals surface area contributed by atoms with E-state index in [1.807, 2.05) is 98.8 Å². The van der Waals surface area contributed by atoms with E-state index in [1.54, 1.807) is 71.5 Å². The Morgan fingerprint density at radius 1 is 0.505 bits per heavy atom. The molecule has 9 rings (SSSR count). The number of esters is 1. The SMILES string of the molecule is CC(C)[C@H](NC(=O)OCC1c2ccccc2-c2ccccc21)C(=O)C[C@@H](CCCNC(N)=O)C(=O)Nc1ccc(CO)cc1.CC(C)[C@H](NC(=O)OCC1c2ccccc2-c2ccccc21)C(=O)C[C@@H](CCCNC(N)=O)C(=O)Nc1ccc(COC(=O)c2ccc([N+](=O)[O-])cc2)cc1.O=P. The minimum absolute atomic E-state index is 0.0811. The average molecular weight is 1400 g/mol. The van der Waals surface area contributed by atoms with Gasteiger partial charge >= 0.3 is 30.2 Å². The van der Waals surface area contributed by atoms with Crippen LogP contribution in [0.25, 0.3) is 22.3 Å². The van der Waals surface area contributed by atoms with Gasteiger partial charge in [0.15, 0.2) is 11.6 Å². The zero-order valence-electron chi connectivity index (χ0n) is 56.4. The number of hydrogen-bond donors (Lipinski definition) is 9. The first-order valence-electron chi connectivity index (χ1n) is 33.0. The summed E-state index contributed by atoms with van der Waals surface area (Å²) >= 11 is 0. The van der Waals surface area contributed by atoms with Crippen molar-refractivity contribution < 1.29 is 72.0 Å². The molecule has 0 aromatic heterocycles. The lowest BCUT2D eigenvalue weighted by atomic mass is 9.89. The minimum atomic E-state index is -0.928. The first kappa shape index (κ1) is 77.2. The third-order valence-corrected chi connectivity index (χ3v) is 17.3. The number of aliphatic hydroxyl groups is 1. The van der Waals surface area contributed by atoms with Crippen molar-refractivity contribution in [1.82, 2.24) is 21.3 Å². The molecule has 2 aliphatic carbocycles. The molecule has 7 aromatic carbocycles. The number of nitrogens with zero attached hydrogens (tertiary/aromatic N) is 1. The Bertz CT molecular complexity index is 3950. The second kappa shape index (κ2) is 38.3. The quantitative estimate of drug-likeness (QED) is 0.00487. The van der Waals surface area contributed by atoms with E-state index in [0.29, 0.717) is 41.8 Å². The van der Waals surface area contributed by atoms with Crippen LogP contribution >= 0.6 is 9.12 Å². The van der Waals surface area contributed by atoms with Crippen LogP contribution in [0.3, 0.4) is 0 Å². The first-order valence-corrected chi connectivity index (χ1v) is 33.4. The van der Waals surface area contributed by atoms with Gasteiger partial charge in [0.1, 0.15) is 28.9 Å². The number of nitrogens with one attached hydrogen (secondary N) is 6. The van der Waals surface area contributed by atoms with E-state index in [0.717, 1.165) is 44.5 Å². The van der Waals surface area contributed by atoms with Gasteiger partial charge in [-0.1, -0.05) is 149 Å². The van der Waals surface area contributed by atoms with Crippen molar-refractivity contribution in [3.8, 4) is 22.3 Å². The molecule has 0 fully saturated rings. The summed E-state index contributed by atoms with van der Waals surface area (Å²) in [7, 11) is 1.72. The summed E-state index contributed by atoms with van der Waals surface area (Å²) < 4.78 is 24.7. The number of alkyl carbamates (subject to hydrolysis) is 2. The van der Waals surface area contributed by atoms with Crippen LogP contribution in [-0.2, 0) is 51.2 Å². The van der Waals surface area contributed by atoms with Crippen molar-refractivity contribution in [3.05, 3.63) is 219 Å². The second-order valence-electron chi connectivity index (χ2n) is 24.9. The van der Waals surface area contributed by atoms with Crippen LogP contribution in [0.15, 0.2) is 170 Å². The maximum Gasteiger partial charge on any atom is 0.407 e. The number of Topliss-reactive ketones (excluding diaryl/α,β-unsaturated/α-hetero) is 2. The summed E-state index contributed by atoms with van der Waals surface area (Å²) in [6.45, 7) is 7.68. The fraction of sp³-hybridized carbons (Fsp3) is 0.320. The molecule has 0 heterocycles. The van der Waals surface area contributed by atoms with Gasteiger partial charge in [0, 0.05) is 73.1 Å². The zero-order chi connectivity index (χ0) is 73.1. The lowest BCUT2D eigenvalue weighted by Crippen LogP contribution is -2.46. The summed E-state index contributed by atoms with van der Waals surface area (Å²) in [6.07, 6.45) is -0.417. The van der Waals surface area contributed by atoms with E-state index in [-0.39, 0.29) is 111 Å². The summed E-state index contributed by atoms with van der Waals surface area (Å²) in [5.41, 5.74) is 21.4. The summed E-state index contributed by atoms with van der Waals surface area (Å²) in [6, 6.07) is 47.2. The van der Waals surface area contributed by atoms with E-state index in [9.17, 15) is 58.4 Å². The Balaban J connectivity index is 0.000000283. The minimum Gasteiger partial charge on any atom is -0.457 e. The van der Waals surface area contributed by atoms with Crippen LogP contribution in [0, 0.1) is 33.8 Å². The molecule has 26 heteroatoms. The number of ketones is 2. The Kier molecular flexibility index (Phi) is 29.2. The van der Waals surface area contributed by atoms with Gasteiger partial charge in [0.2, 0.25) is 11.8 Å². The van der Waals surface area contributed by atoms with Crippen molar-refractivity contribution >= 4 is 79.8 Å². The van der Waals surface area contributed by atoms with E-state index >= 15 is 0 Å². The molecular formula is C75H84N9O16P. The molecule has 0 spiro atoms. The number of rotatable bonds is 31. The zero-order valence-corrected chi connectivity index (χ0v) is 57.4. The number of primary amides is 2. The van der Waals surface area contributed by atoms with Crippen LogP contribution in [0.4, 0.5) is 36.2 Å². The molecule has 0 saturated carbocycles. The number of nitrogens with two attached hydrogens (primary N) is 2. The van der Waals surface area contributed by atoms with Crippen LogP contribution in [0.2, 0.25) is 0 Å². The van der Waals surface area contributed by atoms with Gasteiger partial charge in [-0.05, 0) is 130 Å². The van der Waals surface area contributed by atoms with E-state index in [1.165, 1.54) is 24.3 Å². The van der Waals surface area contributed by atoms with Crippen molar-refractivity contribution in [2.75, 3.05) is 36.9 Å². The number of fused-ring (bicyclic) bond motifs is 6. The number of carbonyl (C=O) groups excluding carboxylic acids is 9. The fourth-order valence-electron chi connectivity index (χ4n) is 12.1. The summed E-state index contributed by atoms with van der Waals surface area (Å²) in [4.78, 5) is 125. The molecule has 11 N–H and O–H groups in total. The third-order valence-electron chi connectivity index (χ3n) is 17.3. The maximum absolute atomic E-state index is 13.7. The molecular weight excluding hydrogens is 1310 g/mol. The fourth-order valence-corrected chi connectivity index (χ4v) is 12.1. The number of nitro groups is 1. The molecule has 2 aliphatic rings. The number of ether oxygens (including phenoxy) is 3. The number of benzene rings is 7. The monoisotopic (exact) mass is 1400 g/mol. The van der Waals surface area contributed by atoms with Gasteiger partial charge in [0.05, 0.1) is 29.2 Å². The predicted molar refractivity (Wildman–Crippen MR) is 381 cm³/mol. The topological polar surface area (TPSA) is 386 Å². The highest BCUT2D eigenvalue weighted by molar-refractivity contribution is 7.00. The van der Waals surface area contributed by atoms with Crippen LogP contribution in [-0.4, -0.2) is 102 Å². The van der Waals surface area contributed by atoms with Gasteiger partial charge in [-0.3, -0.25) is 33.9 Å². The van der Waals surface area contributed by atoms with Crippen molar-refractivity contribution in [2.24, 2.45) is 35.1 Å². The molecule has 4 atom stereocenters. The number of non-ortho nitro benzene ring substituents is 1. The van der Waals surface area contributed by atoms with Gasteiger partial charge in [-0.2, -0.15) is 0 Å². The number of nitro benzene ring substituents is 1. The molecule has 0 aliphatic heterocycles. The highest BCUT2D eigenvalue weighted by atomic mass is 31.0. The van der Waals surface area contributed by atoms with Crippen LogP contribution < -0.4 is 43.4 Å². The number of amides is 8. The molecule has 25 nitrogen and oxygen atoms in total. The summed E-state index contributed by atoms with van der Waals surface area (Å²) in [5.74, 6) is -4.47. The number of carbonyl (C=O) groups is 9. The normalized spacial score (nSPS) is 12.8. The Hall–Kier alpha value is -11.2. The van der Waals surface area contributed by atoms with Crippen molar-refractivity contribution in [1.29, 1.82) is 0 Å². The van der Waals surface area contributed by atoms with Crippen LogP contribution in [0.5, 0.6) is 0 Å². The van der Waals surface area contributed by atoms with Gasteiger partial charge in [-0.15, -0.1) is 0 Å². The number of urea groups is 2. The molecule has 8 amide bonds. The van der Waals surface area contributed by atoms with E-state index in [4.69, 9.17) is 30.2 Å². The Morgan fingerprint density at radius 3 is 1.20 bits per heavy atom. The van der Waals surface area contributed by atoms with E-state index in [2.05, 4.69) is 44.0 Å². The Morgan fingerprint density at radius 2 is 0.861 bits per heavy atom. The maximum atomic E-state index is 13.7. The van der Waals surface area contributed by atoms with Gasteiger partial charge in [-0.25, -0.2) is 24.0 Å². The molecule has 0 radical (unpaired) electrons. The standard InChI is InChI=1S/C41H43N5O9.C34H40N4O6.HOP/c1-25(2)37(45-41(51)55-24-35-33-11-5-3-9-31(33)32-10-4-6-12-34(32)35)36(47)22-28(8-7-21-43-40(42)50)38(48)44-29-17-13-26(14-18-29)23-54-39(49)27-15-19-30(20-16-27)46(52)53;1-21(2)31(38-34(43)44-20-29-27-11-5-3-9-25(27)26-10-4-6-12-28(26)29)30(40)18-23(8-7-17-36-33(35)42)32(41)37-24-15-13-22(19-39)14-16-24;1-2/h3-6,9-20,25,28,35,37H,7-8,21-24H2,1-2H3,(H,44,48)(H,45,51)(H3,42,43,50);3-6,9-16,21,23,29,31,39H,7-8,17-20H2,1-2H3,(H,37,41)(H,38,43)(H3,35,36,42);2H/t28-,37+;23-,31+;/m11./s1. The van der Waals surface area contributed by atoms with Crippen LogP contribution in [0.1, 0.15) is 122 Å². The Labute approximate surface area is 587 Å². The number of aliphatic hydroxyl groups excluding tert-OH is 1. The highest BCUT2D eigenvalue weighted by Crippen LogP contribution is 2.46. The lowest BCUT2D eigenvalue weighted by Gasteiger charge is -2.24. The smallest absolute Gasteiger partial charge is 0.407 e. The molecule has 0 unspecified atom stereocenters. The predicted octanol–water partition coefficient (Wildman–Crippen LogP) is 11.7. The largest absolute Gasteiger partial charge is 0.457 e. The molecule has 530 valence electrons.